The molecule has 0 atom stereocenters. The van der Waals surface area contributed by atoms with E-state index in [1.165, 1.54) is 5.52 Å². The number of benzene rings is 1. The van der Waals surface area contributed by atoms with Gasteiger partial charge in [-0.15, -0.1) is 0 Å². The molecular formula is C15H23N3OS. The van der Waals surface area contributed by atoms with Crippen LogP contribution in [0.25, 0.3) is 11.0 Å². The van der Waals surface area contributed by atoms with Gasteiger partial charge in [0.15, 0.2) is 5.16 Å². The lowest BCUT2D eigenvalue weighted by Gasteiger charge is -2.13. The summed E-state index contributed by atoms with van der Waals surface area (Å²) in [5.74, 6) is 1.93. The summed E-state index contributed by atoms with van der Waals surface area (Å²) in [5, 5.41) is 1.10. The van der Waals surface area contributed by atoms with Crippen molar-refractivity contribution in [3.8, 4) is 5.75 Å². The van der Waals surface area contributed by atoms with Crippen molar-refractivity contribution in [2.24, 2.45) is 0 Å². The van der Waals surface area contributed by atoms with Crippen molar-refractivity contribution in [3.63, 3.8) is 0 Å². The molecule has 0 aliphatic heterocycles. The van der Waals surface area contributed by atoms with E-state index >= 15 is 0 Å². The molecule has 0 saturated carbocycles. The van der Waals surface area contributed by atoms with Crippen LogP contribution in [0.15, 0.2) is 23.4 Å². The maximum absolute atomic E-state index is 5.56. The Labute approximate surface area is 125 Å². The van der Waals surface area contributed by atoms with Crippen LogP contribution in [0.1, 0.15) is 13.8 Å². The zero-order valence-corrected chi connectivity index (χ0v) is 13.5. The number of hydrogen-bond acceptors (Lipinski definition) is 4. The zero-order chi connectivity index (χ0) is 14.5. The highest BCUT2D eigenvalue weighted by Gasteiger charge is 2.11. The molecule has 20 heavy (non-hydrogen) atoms. The van der Waals surface area contributed by atoms with E-state index < -0.39 is 0 Å². The fourth-order valence-corrected chi connectivity index (χ4v) is 2.87. The van der Waals surface area contributed by atoms with Gasteiger partial charge in [-0.25, -0.2) is 4.98 Å². The Bertz CT molecular complexity index is 565. The standard InChI is InChI=1S/C15H23N3OS/c1-5-19-12-7-8-14-13(11-12)16-15(20-6-2)18(14)10-9-17(3)4/h7-8,11H,5-6,9-10H2,1-4H3. The van der Waals surface area contributed by atoms with Crippen molar-refractivity contribution in [3.05, 3.63) is 18.2 Å². The fraction of sp³-hybridized carbons (Fsp3) is 0.533. The lowest BCUT2D eigenvalue weighted by atomic mass is 10.3. The first-order valence-corrected chi connectivity index (χ1v) is 8.04. The van der Waals surface area contributed by atoms with Crippen LogP contribution in [-0.2, 0) is 6.54 Å². The van der Waals surface area contributed by atoms with Crippen molar-refractivity contribution in [2.45, 2.75) is 25.5 Å². The lowest BCUT2D eigenvalue weighted by molar-refractivity contribution is 0.340. The SMILES string of the molecule is CCOc1ccc2c(c1)nc(SCC)n2CCN(C)C. The predicted molar refractivity (Wildman–Crippen MR) is 85.9 cm³/mol. The van der Waals surface area contributed by atoms with Gasteiger partial charge in [0.1, 0.15) is 5.75 Å². The Morgan fingerprint density at radius 2 is 2.10 bits per heavy atom. The molecule has 1 aromatic carbocycles. The normalized spacial score (nSPS) is 11.4. The van der Waals surface area contributed by atoms with Gasteiger partial charge in [0, 0.05) is 19.2 Å². The summed E-state index contributed by atoms with van der Waals surface area (Å²) in [6.07, 6.45) is 0. The van der Waals surface area contributed by atoms with E-state index in [1.54, 1.807) is 11.8 Å². The van der Waals surface area contributed by atoms with Crippen LogP contribution in [0.5, 0.6) is 5.75 Å². The average Bonchev–Trinajstić information content (AvgIpc) is 2.74. The molecule has 0 unspecified atom stereocenters. The number of ether oxygens (including phenoxy) is 1. The third kappa shape index (κ3) is 3.46. The number of thioether (sulfide) groups is 1. The molecule has 2 aromatic rings. The zero-order valence-electron chi connectivity index (χ0n) is 12.7. The highest BCUT2D eigenvalue weighted by molar-refractivity contribution is 7.99. The number of rotatable bonds is 7. The molecule has 4 nitrogen and oxygen atoms in total. The molecule has 0 saturated heterocycles. The first-order chi connectivity index (χ1) is 9.65. The highest BCUT2D eigenvalue weighted by atomic mass is 32.2. The van der Waals surface area contributed by atoms with Gasteiger partial charge in [0.05, 0.1) is 17.6 Å². The Morgan fingerprint density at radius 1 is 1.30 bits per heavy atom. The average molecular weight is 293 g/mol. The maximum Gasteiger partial charge on any atom is 0.169 e. The third-order valence-corrected chi connectivity index (χ3v) is 3.90. The molecule has 0 aliphatic rings. The van der Waals surface area contributed by atoms with Gasteiger partial charge in [0.25, 0.3) is 0 Å². The second kappa shape index (κ2) is 6.99. The molecule has 110 valence electrons. The molecule has 0 bridgehead atoms. The highest BCUT2D eigenvalue weighted by Crippen LogP contribution is 2.26. The lowest BCUT2D eigenvalue weighted by Crippen LogP contribution is -2.18. The number of hydrogen-bond donors (Lipinski definition) is 0. The van der Waals surface area contributed by atoms with Gasteiger partial charge >= 0.3 is 0 Å². The van der Waals surface area contributed by atoms with Gasteiger partial charge in [-0.2, -0.15) is 0 Å². The molecule has 0 aliphatic carbocycles. The second-order valence-electron chi connectivity index (χ2n) is 4.87. The smallest absolute Gasteiger partial charge is 0.169 e. The Hall–Kier alpha value is -1.20. The van der Waals surface area contributed by atoms with Gasteiger partial charge in [-0.3, -0.25) is 0 Å². The monoisotopic (exact) mass is 293 g/mol. The second-order valence-corrected chi connectivity index (χ2v) is 6.10. The van der Waals surface area contributed by atoms with E-state index in [1.807, 2.05) is 19.1 Å². The Kier molecular flexibility index (Phi) is 5.31. The number of fused-ring (bicyclic) bond motifs is 1. The van der Waals surface area contributed by atoms with Gasteiger partial charge in [-0.05, 0) is 38.9 Å². The van der Waals surface area contributed by atoms with Gasteiger partial charge in [0.2, 0.25) is 0 Å². The van der Waals surface area contributed by atoms with Crippen LogP contribution in [0.3, 0.4) is 0 Å². The molecule has 0 fully saturated rings. The number of aromatic nitrogens is 2. The Balaban J connectivity index is 2.37. The molecule has 2 rings (SSSR count). The quantitative estimate of drug-likeness (QED) is 0.734. The molecule has 5 heteroatoms. The Morgan fingerprint density at radius 3 is 2.75 bits per heavy atom. The minimum Gasteiger partial charge on any atom is -0.494 e. The van der Waals surface area contributed by atoms with E-state index in [0.29, 0.717) is 6.61 Å². The van der Waals surface area contributed by atoms with Gasteiger partial charge in [-0.1, -0.05) is 18.7 Å². The molecule has 0 radical (unpaired) electrons. The number of imidazole rings is 1. The van der Waals surface area contributed by atoms with E-state index in [9.17, 15) is 0 Å². The van der Waals surface area contributed by atoms with Crippen molar-refractivity contribution < 1.29 is 4.74 Å². The number of likely N-dealkylation sites (N-methyl/N-ethyl adjacent to an activating group) is 1. The van der Waals surface area contributed by atoms with Crippen LogP contribution in [0.2, 0.25) is 0 Å². The van der Waals surface area contributed by atoms with E-state index in [0.717, 1.165) is 35.3 Å². The van der Waals surface area contributed by atoms with Crippen LogP contribution in [0.4, 0.5) is 0 Å². The summed E-state index contributed by atoms with van der Waals surface area (Å²) in [6, 6.07) is 6.17. The molecule has 1 heterocycles. The predicted octanol–water partition coefficient (Wildman–Crippen LogP) is 3.11. The summed E-state index contributed by atoms with van der Waals surface area (Å²) in [5.41, 5.74) is 2.21. The summed E-state index contributed by atoms with van der Waals surface area (Å²) in [4.78, 5) is 6.95. The third-order valence-electron chi connectivity index (χ3n) is 3.04. The van der Waals surface area contributed by atoms with E-state index in [4.69, 9.17) is 9.72 Å². The van der Waals surface area contributed by atoms with Crippen molar-refractivity contribution in [1.82, 2.24) is 14.5 Å². The van der Waals surface area contributed by atoms with Crippen LogP contribution < -0.4 is 4.74 Å². The first kappa shape index (κ1) is 15.2. The number of nitrogens with zero attached hydrogens (tertiary/aromatic N) is 3. The summed E-state index contributed by atoms with van der Waals surface area (Å²) in [6.45, 7) is 6.81. The van der Waals surface area contributed by atoms with Crippen molar-refractivity contribution in [1.29, 1.82) is 0 Å². The molecular weight excluding hydrogens is 270 g/mol. The van der Waals surface area contributed by atoms with Crippen molar-refractivity contribution in [2.75, 3.05) is 33.0 Å². The topological polar surface area (TPSA) is 30.3 Å². The van der Waals surface area contributed by atoms with Crippen LogP contribution in [-0.4, -0.2) is 47.5 Å². The maximum atomic E-state index is 5.56. The molecule has 0 spiro atoms. The molecule has 0 N–H and O–H groups in total. The summed E-state index contributed by atoms with van der Waals surface area (Å²) >= 11 is 1.79. The van der Waals surface area contributed by atoms with Crippen LogP contribution >= 0.6 is 11.8 Å². The minimum absolute atomic E-state index is 0.684. The molecule has 0 amide bonds. The van der Waals surface area contributed by atoms with Crippen molar-refractivity contribution >= 4 is 22.8 Å². The summed E-state index contributed by atoms with van der Waals surface area (Å²) in [7, 11) is 4.19. The molecule has 1 aromatic heterocycles. The largest absolute Gasteiger partial charge is 0.494 e. The van der Waals surface area contributed by atoms with Gasteiger partial charge < -0.3 is 14.2 Å². The van der Waals surface area contributed by atoms with E-state index in [2.05, 4.69) is 36.6 Å². The van der Waals surface area contributed by atoms with E-state index in [-0.39, 0.29) is 0 Å². The minimum atomic E-state index is 0.684. The summed E-state index contributed by atoms with van der Waals surface area (Å²) < 4.78 is 7.86. The van der Waals surface area contributed by atoms with Crippen LogP contribution in [0, 0.1) is 0 Å². The fourth-order valence-electron chi connectivity index (χ4n) is 2.10. The first-order valence-electron chi connectivity index (χ1n) is 7.06.